The van der Waals surface area contributed by atoms with Gasteiger partial charge in [0.25, 0.3) is 0 Å². The molecule has 2 heterocycles. The van der Waals surface area contributed by atoms with Gasteiger partial charge in [-0.25, -0.2) is 4.39 Å². The number of benzene rings is 1. The number of hydrogen-bond donors (Lipinski definition) is 0. The number of carbonyl (C=O) groups excluding carboxylic acids is 1. The quantitative estimate of drug-likeness (QED) is 0.780. The van der Waals surface area contributed by atoms with E-state index in [-0.39, 0.29) is 17.8 Å². The molecule has 144 valence electrons. The fourth-order valence-corrected chi connectivity index (χ4v) is 3.67. The zero-order valence-electron chi connectivity index (χ0n) is 16.0. The van der Waals surface area contributed by atoms with Crippen molar-refractivity contribution in [1.29, 1.82) is 0 Å². The Morgan fingerprint density at radius 3 is 2.74 bits per heavy atom. The molecule has 27 heavy (non-hydrogen) atoms. The molecule has 0 saturated carbocycles. The summed E-state index contributed by atoms with van der Waals surface area (Å²) in [6.45, 7) is 2.14. The molecule has 3 rings (SSSR count). The van der Waals surface area contributed by atoms with E-state index in [9.17, 15) is 9.18 Å². The predicted octanol–water partition coefficient (Wildman–Crippen LogP) is 3.67. The minimum Gasteiger partial charge on any atom is -0.337 e. The zero-order valence-corrected chi connectivity index (χ0v) is 16.0. The van der Waals surface area contributed by atoms with Gasteiger partial charge in [-0.2, -0.15) is 0 Å². The van der Waals surface area contributed by atoms with Crippen LogP contribution >= 0.6 is 0 Å². The van der Waals surface area contributed by atoms with E-state index in [2.05, 4.69) is 16.9 Å². The third kappa shape index (κ3) is 5.60. The summed E-state index contributed by atoms with van der Waals surface area (Å²) in [6, 6.07) is 10.4. The lowest BCUT2D eigenvalue weighted by molar-refractivity contribution is -0.137. The van der Waals surface area contributed by atoms with E-state index in [4.69, 9.17) is 0 Å². The summed E-state index contributed by atoms with van der Waals surface area (Å²) in [5, 5.41) is 0. The maximum atomic E-state index is 13.3. The Kier molecular flexibility index (Phi) is 6.93. The van der Waals surface area contributed by atoms with Crippen LogP contribution in [0, 0.1) is 5.82 Å². The standard InChI is InChI=1S/C22H28FN3O/c1-25-14-4-2-3-7-21(25)22(27)26(17-19-6-5-13-24-16-19)15-12-18-8-10-20(23)11-9-18/h5-6,8-11,13,16,21H,2-4,7,12,14-15,17H2,1H3/t21-/m1/s1. The Labute approximate surface area is 161 Å². The lowest BCUT2D eigenvalue weighted by Crippen LogP contribution is -2.47. The average molecular weight is 369 g/mol. The summed E-state index contributed by atoms with van der Waals surface area (Å²) in [5.74, 6) is -0.0486. The second-order valence-electron chi connectivity index (χ2n) is 7.34. The SMILES string of the molecule is CN1CCCCC[C@@H]1C(=O)N(CCc1ccc(F)cc1)Cc1cccnc1. The number of amides is 1. The van der Waals surface area contributed by atoms with Crippen molar-refractivity contribution in [2.24, 2.45) is 0 Å². The molecule has 1 aliphatic rings. The van der Waals surface area contributed by atoms with Gasteiger partial charge in [-0.05, 0) is 62.2 Å². The maximum absolute atomic E-state index is 13.3. The van der Waals surface area contributed by atoms with Gasteiger partial charge in [-0.1, -0.05) is 31.0 Å². The predicted molar refractivity (Wildman–Crippen MR) is 105 cm³/mol. The summed E-state index contributed by atoms with van der Waals surface area (Å²) < 4.78 is 13.1. The van der Waals surface area contributed by atoms with Crippen LogP contribution < -0.4 is 0 Å². The van der Waals surface area contributed by atoms with Gasteiger partial charge in [-0.15, -0.1) is 0 Å². The molecular weight excluding hydrogens is 341 g/mol. The van der Waals surface area contributed by atoms with Gasteiger partial charge in [0.05, 0.1) is 6.04 Å². The highest BCUT2D eigenvalue weighted by Crippen LogP contribution is 2.19. The minimum atomic E-state index is -0.234. The van der Waals surface area contributed by atoms with Gasteiger partial charge >= 0.3 is 0 Å². The molecule has 0 spiro atoms. The van der Waals surface area contributed by atoms with E-state index in [0.29, 0.717) is 19.5 Å². The number of halogens is 1. The zero-order chi connectivity index (χ0) is 19.1. The minimum absolute atomic E-state index is 0.0580. The summed E-state index contributed by atoms with van der Waals surface area (Å²) in [5.41, 5.74) is 2.07. The van der Waals surface area contributed by atoms with Crippen LogP contribution in [0.4, 0.5) is 4.39 Å². The first-order chi connectivity index (χ1) is 13.1. The monoisotopic (exact) mass is 369 g/mol. The molecule has 1 aromatic heterocycles. The second kappa shape index (κ2) is 9.60. The molecule has 0 N–H and O–H groups in total. The third-order valence-corrected chi connectivity index (χ3v) is 5.30. The van der Waals surface area contributed by atoms with Crippen molar-refractivity contribution in [3.63, 3.8) is 0 Å². The van der Waals surface area contributed by atoms with Crippen molar-refractivity contribution < 1.29 is 9.18 Å². The Morgan fingerprint density at radius 2 is 2.00 bits per heavy atom. The molecule has 1 atom stereocenters. The van der Waals surface area contributed by atoms with E-state index in [1.54, 1.807) is 18.3 Å². The van der Waals surface area contributed by atoms with Crippen molar-refractivity contribution in [3.05, 3.63) is 65.7 Å². The number of hydrogen-bond acceptors (Lipinski definition) is 3. The van der Waals surface area contributed by atoms with Crippen LogP contribution in [0.3, 0.4) is 0 Å². The first kappa shape index (κ1) is 19.5. The van der Waals surface area contributed by atoms with Crippen molar-refractivity contribution in [2.45, 2.75) is 44.7 Å². The molecule has 1 fully saturated rings. The summed E-state index contributed by atoms with van der Waals surface area (Å²) >= 11 is 0. The first-order valence-electron chi connectivity index (χ1n) is 9.76. The number of rotatable bonds is 6. The van der Waals surface area contributed by atoms with E-state index in [0.717, 1.165) is 36.9 Å². The molecule has 0 unspecified atom stereocenters. The fraction of sp³-hybridized carbons (Fsp3) is 0.455. The van der Waals surface area contributed by atoms with Gasteiger partial charge < -0.3 is 4.90 Å². The molecular formula is C22H28FN3O. The van der Waals surface area contributed by atoms with Crippen molar-refractivity contribution in [1.82, 2.24) is 14.8 Å². The highest BCUT2D eigenvalue weighted by Gasteiger charge is 2.28. The van der Waals surface area contributed by atoms with Gasteiger partial charge in [0, 0.05) is 25.5 Å². The van der Waals surface area contributed by atoms with Crippen molar-refractivity contribution >= 4 is 5.91 Å². The lowest BCUT2D eigenvalue weighted by Gasteiger charge is -2.31. The summed E-state index contributed by atoms with van der Waals surface area (Å²) in [7, 11) is 2.05. The summed E-state index contributed by atoms with van der Waals surface area (Å²) in [4.78, 5) is 21.7. The van der Waals surface area contributed by atoms with Crippen LogP contribution in [-0.2, 0) is 17.8 Å². The summed E-state index contributed by atoms with van der Waals surface area (Å²) in [6.07, 6.45) is 8.62. The second-order valence-corrected chi connectivity index (χ2v) is 7.34. The van der Waals surface area contributed by atoms with Crippen molar-refractivity contribution in [3.8, 4) is 0 Å². The Bertz CT molecular complexity index is 720. The maximum Gasteiger partial charge on any atom is 0.240 e. The largest absolute Gasteiger partial charge is 0.337 e. The van der Waals surface area contributed by atoms with E-state index < -0.39 is 0 Å². The highest BCUT2D eigenvalue weighted by molar-refractivity contribution is 5.82. The number of pyridine rings is 1. The third-order valence-electron chi connectivity index (χ3n) is 5.30. The molecule has 1 aromatic carbocycles. The van der Waals surface area contributed by atoms with Crippen LogP contribution in [0.5, 0.6) is 0 Å². The highest BCUT2D eigenvalue weighted by atomic mass is 19.1. The van der Waals surface area contributed by atoms with Crippen LogP contribution in [-0.4, -0.2) is 46.9 Å². The molecule has 5 heteroatoms. The van der Waals surface area contributed by atoms with E-state index in [1.807, 2.05) is 23.2 Å². The van der Waals surface area contributed by atoms with Crippen LogP contribution in [0.1, 0.15) is 36.8 Å². The average Bonchev–Trinajstić information content (AvgIpc) is 2.91. The van der Waals surface area contributed by atoms with Crippen molar-refractivity contribution in [2.75, 3.05) is 20.1 Å². The molecule has 4 nitrogen and oxygen atoms in total. The fourth-order valence-electron chi connectivity index (χ4n) is 3.67. The lowest BCUT2D eigenvalue weighted by atomic mass is 10.1. The first-order valence-corrected chi connectivity index (χ1v) is 9.76. The molecule has 0 bridgehead atoms. The molecule has 1 aliphatic heterocycles. The van der Waals surface area contributed by atoms with Crippen LogP contribution in [0.25, 0.3) is 0 Å². The molecule has 1 saturated heterocycles. The molecule has 2 aromatic rings. The molecule has 0 radical (unpaired) electrons. The number of nitrogens with zero attached hydrogens (tertiary/aromatic N) is 3. The number of carbonyl (C=O) groups is 1. The van der Waals surface area contributed by atoms with Crippen LogP contribution in [0.2, 0.25) is 0 Å². The molecule has 1 amide bonds. The Balaban J connectivity index is 1.73. The van der Waals surface area contributed by atoms with Crippen LogP contribution in [0.15, 0.2) is 48.8 Å². The normalized spacial score (nSPS) is 18.1. The van der Waals surface area contributed by atoms with Gasteiger partial charge in [0.1, 0.15) is 5.82 Å². The Morgan fingerprint density at radius 1 is 1.19 bits per heavy atom. The molecule has 0 aliphatic carbocycles. The van der Waals surface area contributed by atoms with E-state index >= 15 is 0 Å². The van der Waals surface area contributed by atoms with Gasteiger partial charge in [0.15, 0.2) is 0 Å². The number of likely N-dealkylation sites (tertiary alicyclic amines) is 1. The van der Waals surface area contributed by atoms with E-state index in [1.165, 1.54) is 18.6 Å². The smallest absolute Gasteiger partial charge is 0.240 e. The van der Waals surface area contributed by atoms with Gasteiger partial charge in [-0.3, -0.25) is 14.7 Å². The van der Waals surface area contributed by atoms with Gasteiger partial charge in [0.2, 0.25) is 5.91 Å². The Hall–Kier alpha value is -2.27. The topological polar surface area (TPSA) is 36.4 Å². The number of aromatic nitrogens is 1. The number of likely N-dealkylation sites (N-methyl/N-ethyl adjacent to an activating group) is 1.